The second-order valence-electron chi connectivity index (χ2n) is 3.75. The Morgan fingerprint density at radius 1 is 1.46 bits per heavy atom. The first-order chi connectivity index (χ1) is 6.03. The number of anilines is 1. The summed E-state index contributed by atoms with van der Waals surface area (Å²) >= 11 is 3.39. The Hall–Kier alpha value is -0.570. The number of nitrogens with one attached hydrogen (secondary N) is 1. The lowest BCUT2D eigenvalue weighted by Crippen LogP contribution is -2.29. The molecule has 2 nitrogen and oxygen atoms in total. The molecule has 1 aromatic rings. The van der Waals surface area contributed by atoms with Gasteiger partial charge < -0.3 is 5.32 Å². The van der Waals surface area contributed by atoms with E-state index >= 15 is 0 Å². The fourth-order valence-corrected chi connectivity index (χ4v) is 1.32. The zero-order valence-electron chi connectivity index (χ0n) is 8.26. The SMILES string of the molecule is CCC(C)(C)Nc1cncc(Br)c1. The lowest BCUT2D eigenvalue weighted by molar-refractivity contribution is 0.547. The Labute approximate surface area is 87.9 Å². The largest absolute Gasteiger partial charge is 0.379 e. The summed E-state index contributed by atoms with van der Waals surface area (Å²) in [4.78, 5) is 4.09. The number of rotatable bonds is 3. The maximum absolute atomic E-state index is 4.09. The molecule has 0 bridgehead atoms. The van der Waals surface area contributed by atoms with Crippen molar-refractivity contribution in [3.63, 3.8) is 0 Å². The third-order valence-corrected chi connectivity index (χ3v) is 2.51. The molecule has 72 valence electrons. The maximum Gasteiger partial charge on any atom is 0.0542 e. The van der Waals surface area contributed by atoms with E-state index in [-0.39, 0.29) is 5.54 Å². The van der Waals surface area contributed by atoms with Gasteiger partial charge in [-0.3, -0.25) is 4.98 Å². The normalized spacial score (nSPS) is 11.4. The summed E-state index contributed by atoms with van der Waals surface area (Å²) in [5, 5.41) is 3.42. The summed E-state index contributed by atoms with van der Waals surface area (Å²) in [5.41, 5.74) is 1.18. The molecule has 0 unspecified atom stereocenters. The molecule has 1 aromatic heterocycles. The van der Waals surface area contributed by atoms with E-state index in [2.05, 4.69) is 47.0 Å². The summed E-state index contributed by atoms with van der Waals surface area (Å²) in [7, 11) is 0. The molecule has 0 spiro atoms. The topological polar surface area (TPSA) is 24.9 Å². The van der Waals surface area contributed by atoms with Gasteiger partial charge in [-0.1, -0.05) is 6.92 Å². The fourth-order valence-electron chi connectivity index (χ4n) is 0.959. The molecule has 0 aliphatic carbocycles. The number of hydrogen-bond acceptors (Lipinski definition) is 2. The van der Waals surface area contributed by atoms with Crippen molar-refractivity contribution in [2.45, 2.75) is 32.7 Å². The van der Waals surface area contributed by atoms with Crippen molar-refractivity contribution in [1.29, 1.82) is 0 Å². The van der Waals surface area contributed by atoms with E-state index in [9.17, 15) is 0 Å². The van der Waals surface area contributed by atoms with Crippen LogP contribution >= 0.6 is 15.9 Å². The van der Waals surface area contributed by atoms with E-state index in [0.29, 0.717) is 0 Å². The predicted octanol–water partition coefficient (Wildman–Crippen LogP) is 3.44. The molecule has 0 saturated carbocycles. The summed E-state index contributed by atoms with van der Waals surface area (Å²) < 4.78 is 1.00. The molecule has 3 heteroatoms. The average molecular weight is 243 g/mol. The zero-order valence-corrected chi connectivity index (χ0v) is 9.85. The molecular weight excluding hydrogens is 228 g/mol. The Bertz CT molecular complexity index is 284. The predicted molar refractivity (Wildman–Crippen MR) is 59.9 cm³/mol. The van der Waals surface area contributed by atoms with Crippen LogP contribution < -0.4 is 5.32 Å². The Morgan fingerprint density at radius 3 is 2.69 bits per heavy atom. The summed E-state index contributed by atoms with van der Waals surface area (Å²) in [6.45, 7) is 6.51. The van der Waals surface area contributed by atoms with Crippen LogP contribution in [0.5, 0.6) is 0 Å². The van der Waals surface area contributed by atoms with E-state index in [1.807, 2.05) is 12.3 Å². The van der Waals surface area contributed by atoms with Gasteiger partial charge in [0.2, 0.25) is 0 Å². The summed E-state index contributed by atoms with van der Waals surface area (Å²) in [6.07, 6.45) is 4.70. The molecule has 0 aromatic carbocycles. The number of hydrogen-bond donors (Lipinski definition) is 1. The van der Waals surface area contributed by atoms with Crippen molar-refractivity contribution >= 4 is 21.6 Å². The second-order valence-corrected chi connectivity index (χ2v) is 4.67. The smallest absolute Gasteiger partial charge is 0.0542 e. The van der Waals surface area contributed by atoms with Gasteiger partial charge in [-0.15, -0.1) is 0 Å². The van der Waals surface area contributed by atoms with Gasteiger partial charge in [-0.2, -0.15) is 0 Å². The van der Waals surface area contributed by atoms with Crippen LogP contribution in [-0.4, -0.2) is 10.5 Å². The van der Waals surface area contributed by atoms with Crippen LogP contribution in [0.2, 0.25) is 0 Å². The van der Waals surface area contributed by atoms with E-state index in [4.69, 9.17) is 0 Å². The van der Waals surface area contributed by atoms with Gasteiger partial charge in [0.1, 0.15) is 0 Å². The summed E-state index contributed by atoms with van der Waals surface area (Å²) in [5.74, 6) is 0. The van der Waals surface area contributed by atoms with Crippen LogP contribution in [0.3, 0.4) is 0 Å². The highest BCUT2D eigenvalue weighted by Crippen LogP contribution is 2.19. The lowest BCUT2D eigenvalue weighted by atomic mass is 10.0. The Kier molecular flexibility index (Phi) is 3.31. The van der Waals surface area contributed by atoms with Crippen LogP contribution in [0.15, 0.2) is 22.9 Å². The zero-order chi connectivity index (χ0) is 9.90. The van der Waals surface area contributed by atoms with Crippen molar-refractivity contribution in [1.82, 2.24) is 4.98 Å². The monoisotopic (exact) mass is 242 g/mol. The summed E-state index contributed by atoms with van der Waals surface area (Å²) in [6, 6.07) is 2.03. The van der Waals surface area contributed by atoms with Gasteiger partial charge in [0.05, 0.1) is 11.9 Å². The van der Waals surface area contributed by atoms with E-state index in [0.717, 1.165) is 16.6 Å². The van der Waals surface area contributed by atoms with E-state index in [1.165, 1.54) is 0 Å². The molecule has 1 N–H and O–H groups in total. The Balaban J connectivity index is 2.74. The highest BCUT2D eigenvalue weighted by molar-refractivity contribution is 9.10. The van der Waals surface area contributed by atoms with Crippen LogP contribution in [0.4, 0.5) is 5.69 Å². The van der Waals surface area contributed by atoms with Crippen molar-refractivity contribution in [3.8, 4) is 0 Å². The van der Waals surface area contributed by atoms with Gasteiger partial charge in [0, 0.05) is 16.2 Å². The molecule has 0 atom stereocenters. The molecule has 1 rings (SSSR count). The van der Waals surface area contributed by atoms with Gasteiger partial charge in [-0.05, 0) is 42.3 Å². The maximum atomic E-state index is 4.09. The molecular formula is C10H15BrN2. The Morgan fingerprint density at radius 2 is 2.15 bits per heavy atom. The van der Waals surface area contributed by atoms with Gasteiger partial charge >= 0.3 is 0 Å². The first kappa shape index (κ1) is 10.5. The van der Waals surface area contributed by atoms with Gasteiger partial charge in [-0.25, -0.2) is 0 Å². The fraction of sp³-hybridized carbons (Fsp3) is 0.500. The van der Waals surface area contributed by atoms with Crippen LogP contribution in [0, 0.1) is 0 Å². The minimum atomic E-state index is 0.127. The number of aromatic nitrogens is 1. The number of pyridine rings is 1. The van der Waals surface area contributed by atoms with Gasteiger partial charge in [0.25, 0.3) is 0 Å². The quantitative estimate of drug-likeness (QED) is 0.879. The molecule has 13 heavy (non-hydrogen) atoms. The average Bonchev–Trinajstić information content (AvgIpc) is 2.03. The first-order valence-corrected chi connectivity index (χ1v) is 5.21. The highest BCUT2D eigenvalue weighted by Gasteiger charge is 2.13. The standard InChI is InChI=1S/C10H15BrN2/c1-4-10(2,3)13-9-5-8(11)6-12-7-9/h5-7,13H,4H2,1-3H3. The molecule has 0 aliphatic rings. The molecule has 0 saturated heterocycles. The molecule has 0 aliphatic heterocycles. The second kappa shape index (κ2) is 4.09. The molecule has 1 heterocycles. The third-order valence-electron chi connectivity index (χ3n) is 2.07. The minimum Gasteiger partial charge on any atom is -0.379 e. The van der Waals surface area contributed by atoms with Crippen LogP contribution in [0.1, 0.15) is 27.2 Å². The van der Waals surface area contributed by atoms with Crippen LogP contribution in [-0.2, 0) is 0 Å². The number of nitrogens with zero attached hydrogens (tertiary/aromatic N) is 1. The van der Waals surface area contributed by atoms with Crippen molar-refractivity contribution in [3.05, 3.63) is 22.9 Å². The van der Waals surface area contributed by atoms with Crippen molar-refractivity contribution in [2.75, 3.05) is 5.32 Å². The minimum absolute atomic E-state index is 0.127. The lowest BCUT2D eigenvalue weighted by Gasteiger charge is -2.25. The van der Waals surface area contributed by atoms with E-state index in [1.54, 1.807) is 6.20 Å². The van der Waals surface area contributed by atoms with Crippen molar-refractivity contribution in [2.24, 2.45) is 0 Å². The highest BCUT2D eigenvalue weighted by atomic mass is 79.9. The third kappa shape index (κ3) is 3.35. The van der Waals surface area contributed by atoms with Gasteiger partial charge in [0.15, 0.2) is 0 Å². The molecule has 0 amide bonds. The number of halogens is 1. The molecule has 0 fully saturated rings. The van der Waals surface area contributed by atoms with E-state index < -0.39 is 0 Å². The first-order valence-electron chi connectivity index (χ1n) is 4.42. The van der Waals surface area contributed by atoms with Crippen LogP contribution in [0.25, 0.3) is 0 Å². The molecule has 0 radical (unpaired) electrons. The van der Waals surface area contributed by atoms with Crippen molar-refractivity contribution < 1.29 is 0 Å².